The summed E-state index contributed by atoms with van der Waals surface area (Å²) >= 11 is 2.31. The average molecular weight is 541 g/mol. The van der Waals surface area contributed by atoms with Gasteiger partial charge in [-0.15, -0.1) is 0 Å². The minimum atomic E-state index is -0.508. The Morgan fingerprint density at radius 1 is 1.19 bits per heavy atom. The largest absolute Gasteiger partial charge is 0.444 e. The minimum Gasteiger partial charge on any atom is -0.444 e. The second kappa shape index (κ2) is 13.7. The molecule has 0 heterocycles. The lowest BCUT2D eigenvalue weighted by Crippen LogP contribution is -2.39. The molecule has 0 aliphatic carbocycles. The highest BCUT2D eigenvalue weighted by molar-refractivity contribution is 14.1. The zero-order valence-electron chi connectivity index (χ0n) is 20.8. The van der Waals surface area contributed by atoms with Gasteiger partial charge in [0.05, 0.1) is 0 Å². The molecular weight excluding hydrogens is 499 g/mol. The van der Waals surface area contributed by atoms with Gasteiger partial charge in [0, 0.05) is 35.0 Å². The molecule has 0 fully saturated rings. The number of hydrogen-bond donors (Lipinski definition) is 0. The maximum Gasteiger partial charge on any atom is 0.410 e. The molecule has 1 amide bonds. The van der Waals surface area contributed by atoms with E-state index in [2.05, 4.69) is 61.2 Å². The Bertz CT molecular complexity index is 765. The van der Waals surface area contributed by atoms with Gasteiger partial charge >= 0.3 is 6.09 Å². The lowest BCUT2D eigenvalue weighted by molar-refractivity contribution is 0.0226. The summed E-state index contributed by atoms with van der Waals surface area (Å²) in [6.45, 7) is 27.5. The van der Waals surface area contributed by atoms with Crippen LogP contribution in [-0.4, -0.2) is 42.4 Å². The summed E-state index contributed by atoms with van der Waals surface area (Å²) in [4.78, 5) is 18.8. The Morgan fingerprint density at radius 2 is 1.77 bits per heavy atom. The summed E-state index contributed by atoms with van der Waals surface area (Å²) in [6.07, 6.45) is 5.01. The molecule has 0 N–H and O–H groups in total. The second-order valence-electron chi connectivity index (χ2n) is 9.12. The van der Waals surface area contributed by atoms with Gasteiger partial charge in [-0.25, -0.2) is 4.79 Å². The lowest BCUT2D eigenvalue weighted by Gasteiger charge is -2.29. The van der Waals surface area contributed by atoms with E-state index in [9.17, 15) is 4.79 Å². The number of rotatable bonds is 11. The quantitative estimate of drug-likeness (QED) is 0.153. The predicted octanol–water partition coefficient (Wildman–Crippen LogP) is 7.68. The highest BCUT2D eigenvalue weighted by atomic mass is 127. The summed E-state index contributed by atoms with van der Waals surface area (Å²) in [7, 11) is 1.79. The van der Waals surface area contributed by atoms with Crippen LogP contribution in [0.25, 0.3) is 0 Å². The van der Waals surface area contributed by atoms with Crippen LogP contribution in [0, 0.1) is 5.92 Å². The van der Waals surface area contributed by atoms with Crippen molar-refractivity contribution in [1.82, 2.24) is 4.90 Å². The zero-order chi connectivity index (χ0) is 24.4. The number of carbonyl (C=O) groups excluding carboxylic acids is 1. The molecular formula is C26H41IN2O2. The van der Waals surface area contributed by atoms with Gasteiger partial charge in [0.25, 0.3) is 0 Å². The van der Waals surface area contributed by atoms with Crippen LogP contribution in [0.2, 0.25) is 0 Å². The van der Waals surface area contributed by atoms with Crippen molar-refractivity contribution in [3.05, 3.63) is 57.8 Å². The Hall–Kier alpha value is -1.63. The number of amides is 1. The zero-order valence-corrected chi connectivity index (χ0v) is 22.9. The molecule has 0 unspecified atom stereocenters. The Morgan fingerprint density at radius 3 is 2.19 bits per heavy atom. The van der Waals surface area contributed by atoms with E-state index in [4.69, 9.17) is 4.74 Å². The first-order chi connectivity index (χ1) is 14.2. The van der Waals surface area contributed by atoms with Crippen molar-refractivity contribution in [3.63, 3.8) is 0 Å². The van der Waals surface area contributed by atoms with Gasteiger partial charge in [-0.1, -0.05) is 45.2 Å². The fourth-order valence-electron chi connectivity index (χ4n) is 3.10. The lowest BCUT2D eigenvalue weighted by atomic mass is 9.90. The summed E-state index contributed by atoms with van der Waals surface area (Å²) in [6, 6.07) is 0. The van der Waals surface area contributed by atoms with Crippen molar-refractivity contribution in [1.29, 1.82) is 0 Å². The number of ether oxygens (including phenoxy) is 1. The molecule has 4 nitrogen and oxygen atoms in total. The summed E-state index contributed by atoms with van der Waals surface area (Å²) < 4.78 is 6.64. The molecule has 174 valence electrons. The maximum absolute atomic E-state index is 12.6. The van der Waals surface area contributed by atoms with Crippen LogP contribution in [0.15, 0.2) is 62.8 Å². The first kappa shape index (κ1) is 29.4. The van der Waals surface area contributed by atoms with E-state index in [0.29, 0.717) is 19.0 Å². The van der Waals surface area contributed by atoms with Gasteiger partial charge in [-0.05, 0) is 93.2 Å². The van der Waals surface area contributed by atoms with E-state index in [1.54, 1.807) is 18.0 Å². The predicted molar refractivity (Wildman–Crippen MR) is 144 cm³/mol. The molecule has 0 bridgehead atoms. The number of nitrogens with zero attached hydrogens (tertiary/aromatic N) is 2. The van der Waals surface area contributed by atoms with Crippen LogP contribution in [0.4, 0.5) is 4.79 Å². The number of hydrogen-bond acceptors (Lipinski definition) is 3. The third kappa shape index (κ3) is 11.0. The van der Waals surface area contributed by atoms with E-state index in [-0.39, 0.29) is 6.09 Å². The standard InChI is InChI=1S/C26H41IN2O2/c1-12-14-22(27)24(21(7)28-11)23(19(4)5)20(6)15-13-16-29(17-18(2)3)25(30)31-26(8,9)10/h12,14,18H,1,4,6,13,15-17H2,2-3,5,7-11H3/b22-14+,24-23-,28-21?. The van der Waals surface area contributed by atoms with Gasteiger partial charge in [0.2, 0.25) is 0 Å². The SMILES string of the molecule is C=C/C=C(I)\C(C(C)=NC)=C(\C(=C)C)C(=C)CCCN(CC(C)C)C(=O)OC(C)(C)C. The molecule has 0 aliphatic heterocycles. The van der Waals surface area contributed by atoms with Crippen LogP contribution >= 0.6 is 22.6 Å². The molecule has 0 aromatic heterocycles. The Labute approximate surface area is 204 Å². The Balaban J connectivity index is 5.67. The molecule has 0 atom stereocenters. The topological polar surface area (TPSA) is 41.9 Å². The van der Waals surface area contributed by atoms with E-state index < -0.39 is 5.60 Å². The molecule has 0 radical (unpaired) electrons. The third-order valence-electron chi connectivity index (χ3n) is 4.37. The summed E-state index contributed by atoms with van der Waals surface area (Å²) in [5.74, 6) is 0.363. The van der Waals surface area contributed by atoms with E-state index >= 15 is 0 Å². The van der Waals surface area contributed by atoms with Crippen molar-refractivity contribution < 1.29 is 9.53 Å². The summed E-state index contributed by atoms with van der Waals surface area (Å²) in [5.41, 5.74) is 4.42. The molecule has 0 aromatic carbocycles. The fourth-order valence-corrected chi connectivity index (χ4v) is 4.01. The van der Waals surface area contributed by atoms with Crippen molar-refractivity contribution in [3.8, 4) is 0 Å². The Kier molecular flexibility index (Phi) is 13.0. The monoisotopic (exact) mass is 540 g/mol. The second-order valence-corrected chi connectivity index (χ2v) is 10.3. The van der Waals surface area contributed by atoms with Crippen molar-refractivity contribution in [2.45, 2.75) is 66.9 Å². The molecule has 0 saturated carbocycles. The van der Waals surface area contributed by atoms with Gasteiger partial charge in [0.15, 0.2) is 0 Å². The molecule has 0 aliphatic rings. The molecule has 0 saturated heterocycles. The van der Waals surface area contributed by atoms with Crippen molar-refractivity contribution in [2.75, 3.05) is 20.1 Å². The average Bonchev–Trinajstić information content (AvgIpc) is 2.62. The maximum atomic E-state index is 12.6. The van der Waals surface area contributed by atoms with Gasteiger partial charge in [-0.2, -0.15) is 0 Å². The van der Waals surface area contributed by atoms with Crippen molar-refractivity contribution >= 4 is 34.4 Å². The van der Waals surface area contributed by atoms with Crippen LogP contribution in [0.5, 0.6) is 0 Å². The van der Waals surface area contributed by atoms with Crippen LogP contribution in [-0.2, 0) is 4.74 Å². The highest BCUT2D eigenvalue weighted by Crippen LogP contribution is 2.32. The fraction of sp³-hybridized carbons (Fsp3) is 0.538. The van der Waals surface area contributed by atoms with Crippen molar-refractivity contribution in [2.24, 2.45) is 10.9 Å². The molecule has 31 heavy (non-hydrogen) atoms. The van der Waals surface area contributed by atoms with E-state index in [0.717, 1.165) is 44.4 Å². The molecule has 0 aromatic rings. The number of carbonyl (C=O) groups is 1. The number of halogens is 1. The van der Waals surface area contributed by atoms with Gasteiger partial charge in [0.1, 0.15) is 5.60 Å². The molecule has 0 spiro atoms. The van der Waals surface area contributed by atoms with Crippen LogP contribution in [0.3, 0.4) is 0 Å². The minimum absolute atomic E-state index is 0.263. The van der Waals surface area contributed by atoms with Gasteiger partial charge < -0.3 is 9.64 Å². The molecule has 0 rings (SSSR count). The third-order valence-corrected chi connectivity index (χ3v) is 5.27. The first-order valence-electron chi connectivity index (χ1n) is 10.7. The molecule has 5 heteroatoms. The smallest absolute Gasteiger partial charge is 0.410 e. The van der Waals surface area contributed by atoms with E-state index in [1.165, 1.54) is 0 Å². The van der Waals surface area contributed by atoms with E-state index in [1.807, 2.05) is 40.7 Å². The van der Waals surface area contributed by atoms with Gasteiger partial charge in [-0.3, -0.25) is 4.99 Å². The number of aliphatic imine (C=N–C) groups is 1. The van der Waals surface area contributed by atoms with Crippen LogP contribution in [0.1, 0.15) is 61.3 Å². The normalized spacial score (nSPS) is 13.6. The summed E-state index contributed by atoms with van der Waals surface area (Å²) in [5, 5.41) is 0. The highest BCUT2D eigenvalue weighted by Gasteiger charge is 2.23. The number of allylic oxidation sites excluding steroid dienone is 7. The first-order valence-corrected chi connectivity index (χ1v) is 11.8. The van der Waals surface area contributed by atoms with Crippen LogP contribution < -0.4 is 0 Å².